The molecule has 4 unspecified atom stereocenters. The fourth-order valence-electron chi connectivity index (χ4n) is 3.13. The van der Waals surface area contributed by atoms with E-state index in [1.165, 1.54) is 0 Å². The Hall–Kier alpha value is -1.10. The first-order valence-electron chi connectivity index (χ1n) is 8.20. The first kappa shape index (κ1) is 19.9. The molecular formula is C18H29ClN2O2. The van der Waals surface area contributed by atoms with Gasteiger partial charge in [0.05, 0.1) is 12.0 Å². The molecule has 0 aliphatic carbocycles. The van der Waals surface area contributed by atoms with Crippen molar-refractivity contribution in [3.05, 3.63) is 35.9 Å². The maximum Gasteiger partial charge on any atom is 0.224 e. The van der Waals surface area contributed by atoms with Crippen molar-refractivity contribution in [2.75, 3.05) is 13.2 Å². The Balaban J connectivity index is 0.00000264. The standard InChI is InChI=1S/C18H28N2O2.ClH/c1-12(2)17-15(9-10-22-17)11-20-18(21)13(3)16(19)14-7-5-4-6-8-14;/h4-8,12-13,15-17H,9-11,19H2,1-3H3,(H,20,21);1H. The molecule has 0 aromatic heterocycles. The molecule has 1 fully saturated rings. The van der Waals surface area contributed by atoms with Gasteiger partial charge in [-0.25, -0.2) is 0 Å². The lowest BCUT2D eigenvalue weighted by molar-refractivity contribution is -0.125. The van der Waals surface area contributed by atoms with Crippen LogP contribution in [0.3, 0.4) is 0 Å². The molecule has 1 saturated heterocycles. The number of halogens is 1. The summed E-state index contributed by atoms with van der Waals surface area (Å²) in [5.74, 6) is 0.658. The fraction of sp³-hybridized carbons (Fsp3) is 0.611. The van der Waals surface area contributed by atoms with Crippen LogP contribution in [0.5, 0.6) is 0 Å². The van der Waals surface area contributed by atoms with E-state index >= 15 is 0 Å². The van der Waals surface area contributed by atoms with E-state index in [-0.39, 0.29) is 36.4 Å². The van der Waals surface area contributed by atoms with Gasteiger partial charge in [0.25, 0.3) is 0 Å². The molecule has 0 spiro atoms. The molecular weight excluding hydrogens is 312 g/mol. The first-order valence-corrected chi connectivity index (χ1v) is 8.20. The highest BCUT2D eigenvalue weighted by molar-refractivity contribution is 5.85. The Morgan fingerprint density at radius 2 is 1.96 bits per heavy atom. The monoisotopic (exact) mass is 340 g/mol. The molecule has 1 aromatic rings. The summed E-state index contributed by atoms with van der Waals surface area (Å²) >= 11 is 0. The minimum Gasteiger partial charge on any atom is -0.378 e. The topological polar surface area (TPSA) is 64.3 Å². The zero-order chi connectivity index (χ0) is 16.1. The lowest BCUT2D eigenvalue weighted by atomic mass is 9.92. The normalized spacial score (nSPS) is 23.2. The summed E-state index contributed by atoms with van der Waals surface area (Å²) in [5.41, 5.74) is 7.21. The number of carbonyl (C=O) groups is 1. The van der Waals surface area contributed by atoms with Crippen LogP contribution < -0.4 is 11.1 Å². The fourth-order valence-corrected chi connectivity index (χ4v) is 3.13. The van der Waals surface area contributed by atoms with Crippen LogP contribution in [0.4, 0.5) is 0 Å². The quantitative estimate of drug-likeness (QED) is 0.836. The zero-order valence-electron chi connectivity index (χ0n) is 14.2. The Bertz CT molecular complexity index is 481. The second kappa shape index (κ2) is 9.26. The van der Waals surface area contributed by atoms with Crippen LogP contribution in [0.2, 0.25) is 0 Å². The number of rotatable bonds is 6. The molecule has 23 heavy (non-hydrogen) atoms. The van der Waals surface area contributed by atoms with Crippen LogP contribution in [0.25, 0.3) is 0 Å². The van der Waals surface area contributed by atoms with Crippen molar-refractivity contribution in [1.29, 1.82) is 0 Å². The van der Waals surface area contributed by atoms with E-state index in [1.54, 1.807) is 0 Å². The van der Waals surface area contributed by atoms with E-state index in [0.717, 1.165) is 18.6 Å². The molecule has 3 N–H and O–H groups in total. The minimum absolute atomic E-state index is 0. The van der Waals surface area contributed by atoms with E-state index in [1.807, 2.05) is 37.3 Å². The van der Waals surface area contributed by atoms with Gasteiger partial charge in [-0.3, -0.25) is 4.79 Å². The molecule has 0 radical (unpaired) electrons. The molecule has 4 nitrogen and oxygen atoms in total. The number of carbonyl (C=O) groups excluding carboxylic acids is 1. The molecule has 1 amide bonds. The third kappa shape index (κ3) is 5.20. The highest BCUT2D eigenvalue weighted by atomic mass is 35.5. The number of ether oxygens (including phenoxy) is 1. The molecule has 1 aromatic carbocycles. The SMILES string of the molecule is CC(C)C1OCCC1CNC(=O)C(C)C(N)c1ccccc1.Cl. The third-order valence-electron chi connectivity index (χ3n) is 4.60. The van der Waals surface area contributed by atoms with E-state index in [0.29, 0.717) is 18.4 Å². The van der Waals surface area contributed by atoms with Crippen molar-refractivity contribution in [1.82, 2.24) is 5.32 Å². The summed E-state index contributed by atoms with van der Waals surface area (Å²) in [6, 6.07) is 9.50. The van der Waals surface area contributed by atoms with Gasteiger partial charge < -0.3 is 15.8 Å². The maximum absolute atomic E-state index is 12.4. The van der Waals surface area contributed by atoms with Crippen LogP contribution in [-0.2, 0) is 9.53 Å². The van der Waals surface area contributed by atoms with Gasteiger partial charge in [-0.15, -0.1) is 12.4 Å². The molecule has 1 aliphatic rings. The van der Waals surface area contributed by atoms with Gasteiger partial charge in [0.1, 0.15) is 0 Å². The van der Waals surface area contributed by atoms with Gasteiger partial charge in [-0.2, -0.15) is 0 Å². The van der Waals surface area contributed by atoms with Gasteiger partial charge in [0, 0.05) is 25.1 Å². The van der Waals surface area contributed by atoms with E-state index < -0.39 is 0 Å². The third-order valence-corrected chi connectivity index (χ3v) is 4.60. The Morgan fingerprint density at radius 1 is 1.30 bits per heavy atom. The Morgan fingerprint density at radius 3 is 2.57 bits per heavy atom. The number of benzene rings is 1. The summed E-state index contributed by atoms with van der Waals surface area (Å²) in [5, 5.41) is 3.06. The van der Waals surface area contributed by atoms with Crippen molar-refractivity contribution in [2.45, 2.75) is 39.3 Å². The van der Waals surface area contributed by atoms with E-state index in [4.69, 9.17) is 10.5 Å². The average Bonchev–Trinajstić information content (AvgIpc) is 3.00. The number of amides is 1. The van der Waals surface area contributed by atoms with Crippen LogP contribution in [0.15, 0.2) is 30.3 Å². The second-order valence-corrected chi connectivity index (χ2v) is 6.60. The average molecular weight is 341 g/mol. The predicted octanol–water partition coefficient (Wildman–Crippen LogP) is 2.92. The highest BCUT2D eigenvalue weighted by Gasteiger charge is 2.31. The minimum atomic E-state index is -0.276. The zero-order valence-corrected chi connectivity index (χ0v) is 15.0. The van der Waals surface area contributed by atoms with Crippen molar-refractivity contribution >= 4 is 18.3 Å². The predicted molar refractivity (Wildman–Crippen MR) is 95.5 cm³/mol. The lowest BCUT2D eigenvalue weighted by Gasteiger charge is -2.24. The summed E-state index contributed by atoms with van der Waals surface area (Å²) in [6.45, 7) is 7.69. The van der Waals surface area contributed by atoms with Gasteiger partial charge in [-0.1, -0.05) is 51.1 Å². The number of nitrogens with one attached hydrogen (secondary N) is 1. The van der Waals surface area contributed by atoms with Gasteiger partial charge in [0.15, 0.2) is 0 Å². The second-order valence-electron chi connectivity index (χ2n) is 6.60. The Kier molecular flexibility index (Phi) is 8.03. The molecule has 5 heteroatoms. The lowest BCUT2D eigenvalue weighted by Crippen LogP contribution is -2.40. The number of hydrogen-bond acceptors (Lipinski definition) is 3. The van der Waals surface area contributed by atoms with E-state index in [9.17, 15) is 4.79 Å². The number of nitrogens with two attached hydrogens (primary N) is 1. The summed E-state index contributed by atoms with van der Waals surface area (Å²) < 4.78 is 5.76. The maximum atomic E-state index is 12.4. The highest BCUT2D eigenvalue weighted by Crippen LogP contribution is 2.26. The van der Waals surface area contributed by atoms with Crippen LogP contribution in [-0.4, -0.2) is 25.2 Å². The molecule has 0 saturated carbocycles. The van der Waals surface area contributed by atoms with Gasteiger partial charge in [-0.05, 0) is 17.9 Å². The molecule has 130 valence electrons. The van der Waals surface area contributed by atoms with Gasteiger partial charge in [0.2, 0.25) is 5.91 Å². The molecule has 1 aliphatic heterocycles. The summed E-state index contributed by atoms with van der Waals surface area (Å²) in [7, 11) is 0. The van der Waals surface area contributed by atoms with Crippen molar-refractivity contribution in [2.24, 2.45) is 23.5 Å². The van der Waals surface area contributed by atoms with Crippen molar-refractivity contribution < 1.29 is 9.53 Å². The van der Waals surface area contributed by atoms with Crippen molar-refractivity contribution in [3.8, 4) is 0 Å². The first-order chi connectivity index (χ1) is 10.5. The molecule has 4 atom stereocenters. The van der Waals surface area contributed by atoms with Crippen LogP contribution in [0, 0.1) is 17.8 Å². The van der Waals surface area contributed by atoms with Gasteiger partial charge >= 0.3 is 0 Å². The largest absolute Gasteiger partial charge is 0.378 e. The van der Waals surface area contributed by atoms with Crippen LogP contribution in [0.1, 0.15) is 38.8 Å². The van der Waals surface area contributed by atoms with Crippen molar-refractivity contribution in [3.63, 3.8) is 0 Å². The van der Waals surface area contributed by atoms with E-state index in [2.05, 4.69) is 19.2 Å². The Labute approximate surface area is 145 Å². The molecule has 1 heterocycles. The van der Waals surface area contributed by atoms with Crippen LogP contribution >= 0.6 is 12.4 Å². The summed E-state index contributed by atoms with van der Waals surface area (Å²) in [4.78, 5) is 12.4. The molecule has 2 rings (SSSR count). The molecule has 0 bridgehead atoms. The number of hydrogen-bond donors (Lipinski definition) is 2. The smallest absolute Gasteiger partial charge is 0.224 e. The summed E-state index contributed by atoms with van der Waals surface area (Å²) in [6.07, 6.45) is 1.26.